The molecule has 0 bridgehead atoms. The van der Waals surface area contributed by atoms with Crippen molar-refractivity contribution < 1.29 is 32.6 Å². The van der Waals surface area contributed by atoms with Crippen LogP contribution in [0.5, 0.6) is 5.75 Å². The van der Waals surface area contributed by atoms with Crippen molar-refractivity contribution in [1.82, 2.24) is 0 Å². The molecule has 1 aliphatic heterocycles. The summed E-state index contributed by atoms with van der Waals surface area (Å²) in [5.41, 5.74) is -0.340. The summed E-state index contributed by atoms with van der Waals surface area (Å²) in [5, 5.41) is 10.8. The average Bonchev–Trinajstić information content (AvgIpc) is 3.30. The second-order valence-corrected chi connectivity index (χ2v) is 7.47. The molecule has 1 N–H and O–H groups in total. The Balaban J connectivity index is 1.98. The molecule has 2 heterocycles. The van der Waals surface area contributed by atoms with Gasteiger partial charge >= 0.3 is 0 Å². The molecule has 0 spiro atoms. The minimum atomic E-state index is -1.21. The number of furan rings is 1. The van der Waals surface area contributed by atoms with Gasteiger partial charge in [-0.3, -0.25) is 14.5 Å². The van der Waals surface area contributed by atoms with Crippen LogP contribution in [0.15, 0.2) is 58.5 Å². The van der Waals surface area contributed by atoms with Crippen LogP contribution in [-0.2, 0) is 9.59 Å². The van der Waals surface area contributed by atoms with Gasteiger partial charge in [0.05, 0.1) is 23.3 Å². The number of ketones is 1. The van der Waals surface area contributed by atoms with E-state index in [1.165, 1.54) is 25.3 Å². The number of anilines is 1. The topological polar surface area (TPSA) is 80.0 Å². The first-order valence-corrected chi connectivity index (χ1v) is 9.77. The van der Waals surface area contributed by atoms with Crippen molar-refractivity contribution in [2.24, 2.45) is 0 Å². The smallest absolute Gasteiger partial charge is 0.300 e. The van der Waals surface area contributed by atoms with Crippen LogP contribution in [0.3, 0.4) is 0 Å². The Hall–Kier alpha value is -3.65. The first-order chi connectivity index (χ1) is 15.2. The second-order valence-electron chi connectivity index (χ2n) is 7.06. The maximum atomic E-state index is 13.9. The van der Waals surface area contributed by atoms with E-state index in [0.29, 0.717) is 5.76 Å². The number of hydrogen-bond donors (Lipinski definition) is 1. The summed E-state index contributed by atoms with van der Waals surface area (Å²) in [6.45, 7) is 1.67. The van der Waals surface area contributed by atoms with E-state index in [1.807, 2.05) is 0 Å². The Morgan fingerprint density at radius 3 is 2.50 bits per heavy atom. The summed E-state index contributed by atoms with van der Waals surface area (Å²) < 4.78 is 38.5. The number of rotatable bonds is 4. The number of hydrogen-bond acceptors (Lipinski definition) is 5. The Bertz CT molecular complexity index is 1280. The van der Waals surface area contributed by atoms with E-state index >= 15 is 0 Å². The number of aryl methyl sites for hydroxylation is 1. The van der Waals surface area contributed by atoms with Crippen LogP contribution in [0.25, 0.3) is 5.76 Å². The van der Waals surface area contributed by atoms with Crippen LogP contribution >= 0.6 is 11.6 Å². The van der Waals surface area contributed by atoms with Crippen LogP contribution < -0.4 is 9.64 Å². The monoisotopic (exact) mass is 459 g/mol. The highest BCUT2D eigenvalue weighted by Gasteiger charge is 2.48. The fourth-order valence-electron chi connectivity index (χ4n) is 3.61. The maximum absolute atomic E-state index is 13.9. The largest absolute Gasteiger partial charge is 0.507 e. The van der Waals surface area contributed by atoms with Crippen molar-refractivity contribution in [3.05, 3.63) is 87.8 Å². The van der Waals surface area contributed by atoms with Gasteiger partial charge in [0.2, 0.25) is 0 Å². The van der Waals surface area contributed by atoms with Gasteiger partial charge in [-0.25, -0.2) is 8.78 Å². The molecule has 4 rings (SSSR count). The van der Waals surface area contributed by atoms with E-state index in [1.54, 1.807) is 19.1 Å². The highest BCUT2D eigenvalue weighted by atomic mass is 35.5. The Kier molecular flexibility index (Phi) is 5.48. The maximum Gasteiger partial charge on any atom is 0.300 e. The zero-order chi connectivity index (χ0) is 23.2. The predicted molar refractivity (Wildman–Crippen MR) is 113 cm³/mol. The highest BCUT2D eigenvalue weighted by Crippen LogP contribution is 2.44. The van der Waals surface area contributed by atoms with E-state index in [-0.39, 0.29) is 33.4 Å². The molecule has 1 saturated heterocycles. The standard InChI is InChI=1S/C23H16ClF2NO5/c1-11-3-7-18(32-11)20-19(21(28)14-9-12(25)4-8-17(14)31-2)22(29)23(30)27(20)13-5-6-16(26)15(24)10-13/h3-10,20,28H,1-2H3/b21-19-. The lowest BCUT2D eigenvalue weighted by Crippen LogP contribution is -2.29. The van der Waals surface area contributed by atoms with Crippen molar-refractivity contribution in [1.29, 1.82) is 0 Å². The lowest BCUT2D eigenvalue weighted by molar-refractivity contribution is -0.132. The molecule has 1 aromatic heterocycles. The Labute approximate surface area is 186 Å². The molecular formula is C23H16ClF2NO5. The number of aliphatic hydroxyl groups is 1. The van der Waals surface area contributed by atoms with Crippen LogP contribution in [0, 0.1) is 18.6 Å². The van der Waals surface area contributed by atoms with E-state index in [9.17, 15) is 23.5 Å². The molecule has 1 aliphatic rings. The molecule has 1 fully saturated rings. The van der Waals surface area contributed by atoms with Crippen LogP contribution in [-0.4, -0.2) is 23.9 Å². The number of halogens is 3. The molecule has 0 radical (unpaired) electrons. The van der Waals surface area contributed by atoms with Crippen molar-refractivity contribution >= 4 is 34.7 Å². The molecule has 164 valence electrons. The van der Waals surface area contributed by atoms with Crippen LogP contribution in [0.4, 0.5) is 14.5 Å². The summed E-state index contributed by atoms with van der Waals surface area (Å²) in [6, 6.07) is 8.87. The summed E-state index contributed by atoms with van der Waals surface area (Å²) in [7, 11) is 1.32. The first-order valence-electron chi connectivity index (χ1n) is 9.39. The SMILES string of the molecule is COc1ccc(F)cc1/C(O)=C1/C(=O)C(=O)N(c2ccc(F)c(Cl)c2)C1c1ccc(C)o1. The van der Waals surface area contributed by atoms with Gasteiger partial charge in [-0.2, -0.15) is 0 Å². The fourth-order valence-corrected chi connectivity index (χ4v) is 3.79. The lowest BCUT2D eigenvalue weighted by Gasteiger charge is -2.23. The van der Waals surface area contributed by atoms with Gasteiger partial charge in [0, 0.05) is 5.69 Å². The molecule has 1 atom stereocenters. The molecule has 9 heteroatoms. The van der Waals surface area contributed by atoms with Gasteiger partial charge in [0.1, 0.15) is 40.7 Å². The van der Waals surface area contributed by atoms with Crippen LogP contribution in [0.1, 0.15) is 23.1 Å². The molecule has 1 amide bonds. The van der Waals surface area contributed by atoms with Gasteiger partial charge in [0.15, 0.2) is 0 Å². The van der Waals surface area contributed by atoms with Crippen molar-refractivity contribution in [3.63, 3.8) is 0 Å². The van der Waals surface area contributed by atoms with Gasteiger partial charge in [0.25, 0.3) is 11.7 Å². The Morgan fingerprint density at radius 2 is 1.88 bits per heavy atom. The number of Topliss-reactive ketones (excluding diaryl/α,β-unsaturated/α-hetero) is 1. The first kappa shape index (κ1) is 21.6. The predicted octanol–water partition coefficient (Wildman–Crippen LogP) is 5.15. The molecule has 0 aliphatic carbocycles. The van der Waals surface area contributed by atoms with Gasteiger partial charge in [-0.1, -0.05) is 11.6 Å². The summed E-state index contributed by atoms with van der Waals surface area (Å²) >= 11 is 5.89. The average molecular weight is 460 g/mol. The van der Waals surface area contributed by atoms with E-state index in [0.717, 1.165) is 23.1 Å². The quantitative estimate of drug-likeness (QED) is 0.331. The molecule has 6 nitrogen and oxygen atoms in total. The molecule has 32 heavy (non-hydrogen) atoms. The van der Waals surface area contributed by atoms with Gasteiger partial charge in [-0.05, 0) is 55.5 Å². The number of amides is 1. The van der Waals surface area contributed by atoms with Gasteiger partial charge in [-0.15, -0.1) is 0 Å². The highest BCUT2D eigenvalue weighted by molar-refractivity contribution is 6.51. The molecule has 0 saturated carbocycles. The molecular weight excluding hydrogens is 444 g/mol. The second kappa shape index (κ2) is 8.12. The third kappa shape index (κ3) is 3.52. The third-order valence-corrected chi connectivity index (χ3v) is 5.36. The number of aliphatic hydroxyl groups excluding tert-OH is 1. The third-order valence-electron chi connectivity index (χ3n) is 5.07. The van der Waals surface area contributed by atoms with E-state index in [2.05, 4.69) is 0 Å². The zero-order valence-electron chi connectivity index (χ0n) is 16.9. The molecule has 2 aromatic carbocycles. The number of ether oxygens (including phenoxy) is 1. The summed E-state index contributed by atoms with van der Waals surface area (Å²) in [5.74, 6) is -3.31. The summed E-state index contributed by atoms with van der Waals surface area (Å²) in [6.07, 6.45) is 0. The molecule has 1 unspecified atom stereocenters. The number of carbonyl (C=O) groups is 2. The zero-order valence-corrected chi connectivity index (χ0v) is 17.6. The summed E-state index contributed by atoms with van der Waals surface area (Å²) in [4.78, 5) is 27.1. The normalized spacial score (nSPS) is 17.8. The minimum Gasteiger partial charge on any atom is -0.507 e. The fraction of sp³-hybridized carbons (Fsp3) is 0.130. The van der Waals surface area contributed by atoms with Crippen molar-refractivity contribution in [2.75, 3.05) is 12.0 Å². The van der Waals surface area contributed by atoms with E-state index in [4.69, 9.17) is 20.8 Å². The number of nitrogens with zero attached hydrogens (tertiary/aromatic N) is 1. The number of methoxy groups -OCH3 is 1. The van der Waals surface area contributed by atoms with Crippen molar-refractivity contribution in [3.8, 4) is 5.75 Å². The van der Waals surface area contributed by atoms with E-state index < -0.39 is 35.1 Å². The minimum absolute atomic E-state index is 0.0919. The van der Waals surface area contributed by atoms with Gasteiger partial charge < -0.3 is 14.3 Å². The van der Waals surface area contributed by atoms with Crippen LogP contribution in [0.2, 0.25) is 5.02 Å². The molecule has 3 aromatic rings. The Morgan fingerprint density at radius 1 is 1.12 bits per heavy atom. The number of benzene rings is 2. The van der Waals surface area contributed by atoms with Crippen molar-refractivity contribution in [2.45, 2.75) is 13.0 Å². The lowest BCUT2D eigenvalue weighted by atomic mass is 9.98. The number of carbonyl (C=O) groups excluding carboxylic acids is 2.